The average Bonchev–Trinajstić information content (AvgIpc) is 2.30. The molecular weight excluding hydrogens is 242 g/mol. The van der Waals surface area contributed by atoms with Gasteiger partial charge in [-0.1, -0.05) is 0 Å². The molecule has 3 N–H and O–H groups in total. The lowest BCUT2D eigenvalue weighted by molar-refractivity contribution is 0.598. The zero-order valence-electron chi connectivity index (χ0n) is 8.61. The molecule has 0 saturated carbocycles. The van der Waals surface area contributed by atoms with Crippen LogP contribution in [0.15, 0.2) is 41.9 Å². The molecule has 7 nitrogen and oxygen atoms in total. The number of nitrogens with zero attached hydrogens (tertiary/aromatic N) is 3. The van der Waals surface area contributed by atoms with Gasteiger partial charge in [-0.15, -0.1) is 0 Å². The highest BCUT2D eigenvalue weighted by molar-refractivity contribution is 7.89. The predicted molar refractivity (Wildman–Crippen MR) is 60.9 cm³/mol. The van der Waals surface area contributed by atoms with E-state index in [2.05, 4.69) is 20.3 Å². The Bertz CT molecular complexity index is 614. The lowest BCUT2D eigenvalue weighted by atomic mass is 10.4. The van der Waals surface area contributed by atoms with Crippen molar-refractivity contribution in [2.24, 2.45) is 5.14 Å². The van der Waals surface area contributed by atoms with Gasteiger partial charge in [0.05, 0.1) is 18.1 Å². The van der Waals surface area contributed by atoms with Crippen LogP contribution in [0.4, 0.5) is 11.5 Å². The third-order valence-corrected chi connectivity index (χ3v) is 2.84. The normalized spacial score (nSPS) is 11.1. The number of hydrogen-bond acceptors (Lipinski definition) is 6. The Balaban J connectivity index is 2.41. The molecule has 0 aliphatic carbocycles. The molecule has 0 saturated heterocycles. The van der Waals surface area contributed by atoms with Crippen molar-refractivity contribution in [2.45, 2.75) is 4.90 Å². The van der Waals surface area contributed by atoms with E-state index in [1.165, 1.54) is 37.1 Å². The molecule has 2 rings (SSSR count). The van der Waals surface area contributed by atoms with Gasteiger partial charge in [-0.2, -0.15) is 0 Å². The van der Waals surface area contributed by atoms with Crippen molar-refractivity contribution >= 4 is 21.5 Å². The van der Waals surface area contributed by atoms with E-state index in [9.17, 15) is 8.42 Å². The zero-order chi connectivity index (χ0) is 12.3. The minimum Gasteiger partial charge on any atom is -0.337 e. The summed E-state index contributed by atoms with van der Waals surface area (Å²) in [5, 5.41) is 7.86. The van der Waals surface area contributed by atoms with Gasteiger partial charge >= 0.3 is 0 Å². The van der Waals surface area contributed by atoms with Gasteiger partial charge in [-0.3, -0.25) is 0 Å². The SMILES string of the molecule is NS(=O)(=O)c1cccnc1Nc1cncnc1. The van der Waals surface area contributed by atoms with Crippen LogP contribution in [-0.4, -0.2) is 23.4 Å². The first-order valence-electron chi connectivity index (χ1n) is 4.57. The summed E-state index contributed by atoms with van der Waals surface area (Å²) in [6.07, 6.45) is 5.81. The molecule has 0 fully saturated rings. The fraction of sp³-hybridized carbons (Fsp3) is 0. The zero-order valence-corrected chi connectivity index (χ0v) is 9.42. The first-order chi connectivity index (χ1) is 8.07. The molecule has 8 heteroatoms. The van der Waals surface area contributed by atoms with Gasteiger partial charge in [0.25, 0.3) is 0 Å². The maximum atomic E-state index is 11.3. The maximum absolute atomic E-state index is 11.3. The third-order valence-electron chi connectivity index (χ3n) is 1.90. The Morgan fingerprint density at radius 1 is 1.24 bits per heavy atom. The van der Waals surface area contributed by atoms with Crippen molar-refractivity contribution in [1.82, 2.24) is 15.0 Å². The van der Waals surface area contributed by atoms with Crippen molar-refractivity contribution in [3.63, 3.8) is 0 Å². The second-order valence-corrected chi connectivity index (χ2v) is 4.68. The number of rotatable bonds is 3. The monoisotopic (exact) mass is 251 g/mol. The summed E-state index contributed by atoms with van der Waals surface area (Å²) in [7, 11) is -3.82. The van der Waals surface area contributed by atoms with E-state index in [0.29, 0.717) is 5.69 Å². The van der Waals surface area contributed by atoms with E-state index >= 15 is 0 Å². The largest absolute Gasteiger partial charge is 0.337 e. The molecule has 0 radical (unpaired) electrons. The molecule has 2 aromatic heterocycles. The van der Waals surface area contributed by atoms with E-state index in [-0.39, 0.29) is 10.7 Å². The van der Waals surface area contributed by atoms with Crippen molar-refractivity contribution < 1.29 is 8.42 Å². The van der Waals surface area contributed by atoms with Crippen LogP contribution in [-0.2, 0) is 10.0 Å². The number of aromatic nitrogens is 3. The standard InChI is InChI=1S/C9H9N5O2S/c10-17(15,16)8-2-1-3-13-9(8)14-7-4-11-6-12-5-7/h1-6H,(H,13,14)(H2,10,15,16). The lowest BCUT2D eigenvalue weighted by Gasteiger charge is -2.08. The van der Waals surface area contributed by atoms with Gasteiger partial charge in [-0.05, 0) is 12.1 Å². The Kier molecular flexibility index (Phi) is 2.98. The highest BCUT2D eigenvalue weighted by Gasteiger charge is 2.14. The molecule has 2 heterocycles. The summed E-state index contributed by atoms with van der Waals surface area (Å²) in [4.78, 5) is 11.4. The maximum Gasteiger partial charge on any atom is 0.241 e. The van der Waals surface area contributed by atoms with Gasteiger partial charge < -0.3 is 5.32 Å². The Morgan fingerprint density at radius 3 is 2.59 bits per heavy atom. The van der Waals surface area contributed by atoms with Gasteiger partial charge in [0.15, 0.2) is 5.82 Å². The van der Waals surface area contributed by atoms with Crippen molar-refractivity contribution in [3.8, 4) is 0 Å². The highest BCUT2D eigenvalue weighted by atomic mass is 32.2. The molecule has 0 atom stereocenters. The molecule has 0 aromatic carbocycles. The minimum absolute atomic E-state index is 0.0798. The molecule has 0 spiro atoms. The third kappa shape index (κ3) is 2.74. The van der Waals surface area contributed by atoms with Gasteiger partial charge in [0.1, 0.15) is 11.2 Å². The van der Waals surface area contributed by atoms with E-state index in [1.807, 2.05) is 0 Å². The first-order valence-corrected chi connectivity index (χ1v) is 6.12. The van der Waals surface area contributed by atoms with Crippen LogP contribution < -0.4 is 10.5 Å². The van der Waals surface area contributed by atoms with Crippen LogP contribution in [0.25, 0.3) is 0 Å². The van der Waals surface area contributed by atoms with E-state index in [0.717, 1.165) is 0 Å². The number of nitrogens with two attached hydrogens (primary N) is 1. The number of primary sulfonamides is 1. The van der Waals surface area contributed by atoms with Crippen molar-refractivity contribution in [1.29, 1.82) is 0 Å². The van der Waals surface area contributed by atoms with Gasteiger partial charge in [0.2, 0.25) is 10.0 Å². The van der Waals surface area contributed by atoms with Crippen LogP contribution in [0.3, 0.4) is 0 Å². The summed E-state index contributed by atoms with van der Waals surface area (Å²) in [5.74, 6) is 0.143. The van der Waals surface area contributed by atoms with Crippen LogP contribution >= 0.6 is 0 Å². The van der Waals surface area contributed by atoms with Gasteiger partial charge in [-0.25, -0.2) is 28.5 Å². The molecule has 88 valence electrons. The van der Waals surface area contributed by atoms with Gasteiger partial charge in [0, 0.05) is 6.20 Å². The molecule has 0 aliphatic rings. The molecule has 0 bridgehead atoms. The second kappa shape index (κ2) is 4.44. The predicted octanol–water partition coefficient (Wildman–Crippen LogP) is 0.263. The molecule has 0 unspecified atom stereocenters. The topological polar surface area (TPSA) is 111 Å². The summed E-state index contributed by atoms with van der Waals surface area (Å²) >= 11 is 0. The lowest BCUT2D eigenvalue weighted by Crippen LogP contribution is -2.14. The summed E-state index contributed by atoms with van der Waals surface area (Å²) in [5.41, 5.74) is 0.524. The fourth-order valence-corrected chi connectivity index (χ4v) is 1.86. The Hall–Kier alpha value is -2.06. The summed E-state index contributed by atoms with van der Waals surface area (Å²) in [6, 6.07) is 2.86. The second-order valence-electron chi connectivity index (χ2n) is 3.15. The van der Waals surface area contributed by atoms with Crippen LogP contribution in [0.5, 0.6) is 0 Å². The van der Waals surface area contributed by atoms with E-state index < -0.39 is 10.0 Å². The summed E-state index contributed by atoms with van der Waals surface area (Å²) < 4.78 is 22.6. The van der Waals surface area contributed by atoms with Crippen LogP contribution in [0.2, 0.25) is 0 Å². The highest BCUT2D eigenvalue weighted by Crippen LogP contribution is 2.19. The molecule has 17 heavy (non-hydrogen) atoms. The van der Waals surface area contributed by atoms with Crippen molar-refractivity contribution in [3.05, 3.63) is 37.1 Å². The first kappa shape index (κ1) is 11.4. The molecule has 0 aliphatic heterocycles. The van der Waals surface area contributed by atoms with Crippen LogP contribution in [0, 0.1) is 0 Å². The Morgan fingerprint density at radius 2 is 1.94 bits per heavy atom. The number of sulfonamides is 1. The minimum atomic E-state index is -3.82. The molecule has 2 aromatic rings. The average molecular weight is 251 g/mol. The summed E-state index contributed by atoms with van der Waals surface area (Å²) in [6.45, 7) is 0. The number of hydrogen-bond donors (Lipinski definition) is 2. The molecular formula is C9H9N5O2S. The fourth-order valence-electron chi connectivity index (χ4n) is 1.21. The van der Waals surface area contributed by atoms with Crippen LogP contribution in [0.1, 0.15) is 0 Å². The van der Waals surface area contributed by atoms with Crippen molar-refractivity contribution in [2.75, 3.05) is 5.32 Å². The molecule has 0 amide bonds. The number of nitrogens with one attached hydrogen (secondary N) is 1. The Labute approximate surface area is 97.8 Å². The number of anilines is 2. The number of pyridine rings is 1. The smallest absolute Gasteiger partial charge is 0.241 e. The van der Waals surface area contributed by atoms with E-state index in [1.54, 1.807) is 0 Å². The van der Waals surface area contributed by atoms with E-state index in [4.69, 9.17) is 5.14 Å². The quantitative estimate of drug-likeness (QED) is 0.809.